The van der Waals surface area contributed by atoms with E-state index in [2.05, 4.69) is 0 Å². The van der Waals surface area contributed by atoms with Crippen LogP contribution in [0.5, 0.6) is 11.5 Å². The molecule has 2 aromatic carbocycles. The summed E-state index contributed by atoms with van der Waals surface area (Å²) in [5.41, 5.74) is 1.66. The van der Waals surface area contributed by atoms with E-state index in [1.807, 2.05) is 12.1 Å². The van der Waals surface area contributed by atoms with E-state index in [1.165, 1.54) is 0 Å². The summed E-state index contributed by atoms with van der Waals surface area (Å²) < 4.78 is 10.2. The highest BCUT2D eigenvalue weighted by Gasteiger charge is 2.12. The van der Waals surface area contributed by atoms with Crippen LogP contribution < -0.4 is 9.47 Å². The first-order valence-corrected chi connectivity index (χ1v) is 5.71. The second-order valence-electron chi connectivity index (χ2n) is 3.95. The molecule has 2 aromatic rings. The van der Waals surface area contributed by atoms with Crippen molar-refractivity contribution in [1.29, 1.82) is 0 Å². The van der Waals surface area contributed by atoms with Crippen molar-refractivity contribution < 1.29 is 19.4 Å². The van der Waals surface area contributed by atoms with Gasteiger partial charge >= 0.3 is 5.97 Å². The minimum Gasteiger partial charge on any atom is -0.497 e. The Hall–Kier alpha value is -2.49. The van der Waals surface area contributed by atoms with Crippen LogP contribution in [-0.2, 0) is 0 Å². The average molecular weight is 258 g/mol. The van der Waals surface area contributed by atoms with Crippen molar-refractivity contribution in [3.8, 4) is 22.6 Å². The Morgan fingerprint density at radius 2 is 1.53 bits per heavy atom. The number of methoxy groups -OCH3 is 2. The van der Waals surface area contributed by atoms with E-state index in [0.29, 0.717) is 11.3 Å². The zero-order chi connectivity index (χ0) is 13.8. The van der Waals surface area contributed by atoms with Gasteiger partial charge in [0, 0.05) is 0 Å². The quantitative estimate of drug-likeness (QED) is 0.915. The molecule has 0 aromatic heterocycles. The SMILES string of the molecule is COc1ccc(-c2cc(OC)ccc2C(=O)O)cc1. The fourth-order valence-corrected chi connectivity index (χ4v) is 1.85. The van der Waals surface area contributed by atoms with E-state index in [0.717, 1.165) is 11.3 Å². The molecule has 0 aliphatic carbocycles. The zero-order valence-corrected chi connectivity index (χ0v) is 10.7. The number of hydrogen-bond donors (Lipinski definition) is 1. The number of rotatable bonds is 4. The van der Waals surface area contributed by atoms with Crippen molar-refractivity contribution in [2.45, 2.75) is 0 Å². The molecule has 0 fully saturated rings. The van der Waals surface area contributed by atoms with Gasteiger partial charge in [-0.25, -0.2) is 4.79 Å². The maximum absolute atomic E-state index is 11.3. The Bertz CT molecular complexity index is 588. The molecule has 98 valence electrons. The highest BCUT2D eigenvalue weighted by molar-refractivity contribution is 5.96. The average Bonchev–Trinajstić information content (AvgIpc) is 2.46. The lowest BCUT2D eigenvalue weighted by Crippen LogP contribution is -2.00. The third-order valence-corrected chi connectivity index (χ3v) is 2.86. The number of carboxylic acids is 1. The Kier molecular flexibility index (Phi) is 3.71. The van der Waals surface area contributed by atoms with Crippen molar-refractivity contribution in [2.24, 2.45) is 0 Å². The summed E-state index contributed by atoms with van der Waals surface area (Å²) in [6.07, 6.45) is 0. The van der Waals surface area contributed by atoms with E-state index in [1.54, 1.807) is 44.6 Å². The monoisotopic (exact) mass is 258 g/mol. The maximum atomic E-state index is 11.3. The van der Waals surface area contributed by atoms with Gasteiger partial charge in [0.05, 0.1) is 19.8 Å². The van der Waals surface area contributed by atoms with E-state index < -0.39 is 5.97 Å². The zero-order valence-electron chi connectivity index (χ0n) is 10.7. The number of benzene rings is 2. The number of carbonyl (C=O) groups is 1. The van der Waals surface area contributed by atoms with Crippen molar-refractivity contribution in [3.05, 3.63) is 48.0 Å². The van der Waals surface area contributed by atoms with E-state index in [4.69, 9.17) is 9.47 Å². The molecule has 0 amide bonds. The summed E-state index contributed by atoms with van der Waals surface area (Å²) in [7, 11) is 3.14. The van der Waals surface area contributed by atoms with E-state index in [-0.39, 0.29) is 5.56 Å². The molecule has 2 rings (SSSR count). The lowest BCUT2D eigenvalue weighted by atomic mass is 9.99. The van der Waals surface area contributed by atoms with E-state index in [9.17, 15) is 9.90 Å². The molecule has 19 heavy (non-hydrogen) atoms. The smallest absolute Gasteiger partial charge is 0.336 e. The summed E-state index contributed by atoms with van der Waals surface area (Å²) in [4.78, 5) is 11.3. The van der Waals surface area contributed by atoms with Gasteiger partial charge in [0.15, 0.2) is 0 Å². The highest BCUT2D eigenvalue weighted by atomic mass is 16.5. The number of ether oxygens (including phenoxy) is 2. The van der Waals surface area contributed by atoms with Crippen LogP contribution in [0.3, 0.4) is 0 Å². The molecule has 0 heterocycles. The summed E-state index contributed by atoms with van der Waals surface area (Å²) in [6, 6.07) is 12.1. The topological polar surface area (TPSA) is 55.8 Å². The molecule has 0 spiro atoms. The van der Waals surface area contributed by atoms with Gasteiger partial charge in [-0.1, -0.05) is 12.1 Å². The van der Waals surface area contributed by atoms with Crippen LogP contribution in [0.15, 0.2) is 42.5 Å². The third-order valence-electron chi connectivity index (χ3n) is 2.86. The third kappa shape index (κ3) is 2.68. The first-order valence-electron chi connectivity index (χ1n) is 5.71. The summed E-state index contributed by atoms with van der Waals surface area (Å²) in [5.74, 6) is 0.382. The lowest BCUT2D eigenvalue weighted by molar-refractivity contribution is 0.0697. The molecule has 0 saturated carbocycles. The molecule has 4 heteroatoms. The highest BCUT2D eigenvalue weighted by Crippen LogP contribution is 2.29. The van der Waals surface area contributed by atoms with Gasteiger partial charge in [0.2, 0.25) is 0 Å². The molecule has 0 bridgehead atoms. The van der Waals surface area contributed by atoms with Crippen molar-refractivity contribution >= 4 is 5.97 Å². The normalized spacial score (nSPS) is 10.0. The summed E-state index contributed by atoms with van der Waals surface area (Å²) in [6.45, 7) is 0. The van der Waals surface area contributed by atoms with Crippen LogP contribution in [0.1, 0.15) is 10.4 Å². The molecule has 0 unspecified atom stereocenters. The van der Waals surface area contributed by atoms with Gasteiger partial charge in [0.1, 0.15) is 11.5 Å². The number of aromatic carboxylic acids is 1. The van der Waals surface area contributed by atoms with Crippen LogP contribution in [0.2, 0.25) is 0 Å². The molecular weight excluding hydrogens is 244 g/mol. The Balaban J connectivity index is 2.54. The molecule has 0 aliphatic rings. The predicted octanol–water partition coefficient (Wildman–Crippen LogP) is 3.07. The first-order chi connectivity index (χ1) is 9.15. The fourth-order valence-electron chi connectivity index (χ4n) is 1.85. The van der Waals surface area contributed by atoms with Crippen molar-refractivity contribution in [3.63, 3.8) is 0 Å². The predicted molar refractivity (Wildman–Crippen MR) is 71.9 cm³/mol. The summed E-state index contributed by atoms with van der Waals surface area (Å²) in [5, 5.41) is 9.23. The molecule has 0 aliphatic heterocycles. The van der Waals surface area contributed by atoms with Gasteiger partial charge in [-0.05, 0) is 41.5 Å². The van der Waals surface area contributed by atoms with Crippen LogP contribution in [0.4, 0.5) is 0 Å². The van der Waals surface area contributed by atoms with Gasteiger partial charge in [-0.15, -0.1) is 0 Å². The lowest BCUT2D eigenvalue weighted by Gasteiger charge is -2.09. The van der Waals surface area contributed by atoms with Gasteiger partial charge in [-0.2, -0.15) is 0 Å². The molecule has 0 radical (unpaired) electrons. The van der Waals surface area contributed by atoms with Gasteiger partial charge in [0.25, 0.3) is 0 Å². The van der Waals surface area contributed by atoms with Crippen LogP contribution in [0.25, 0.3) is 11.1 Å². The Morgan fingerprint density at radius 3 is 2.05 bits per heavy atom. The molecule has 0 atom stereocenters. The Morgan fingerprint density at radius 1 is 0.947 bits per heavy atom. The minimum absolute atomic E-state index is 0.242. The van der Waals surface area contributed by atoms with Crippen LogP contribution in [-0.4, -0.2) is 25.3 Å². The second kappa shape index (κ2) is 5.44. The number of hydrogen-bond acceptors (Lipinski definition) is 3. The van der Waals surface area contributed by atoms with Gasteiger partial charge < -0.3 is 14.6 Å². The summed E-state index contributed by atoms with van der Waals surface area (Å²) >= 11 is 0. The van der Waals surface area contributed by atoms with Gasteiger partial charge in [-0.3, -0.25) is 0 Å². The van der Waals surface area contributed by atoms with Crippen LogP contribution >= 0.6 is 0 Å². The second-order valence-corrected chi connectivity index (χ2v) is 3.95. The minimum atomic E-state index is -0.964. The van der Waals surface area contributed by atoms with E-state index >= 15 is 0 Å². The molecule has 0 saturated heterocycles. The largest absolute Gasteiger partial charge is 0.497 e. The molecular formula is C15H14O4. The standard InChI is InChI=1S/C15H14O4/c1-18-11-5-3-10(4-6-11)14-9-12(19-2)7-8-13(14)15(16)17/h3-9H,1-2H3,(H,16,17). The fraction of sp³-hybridized carbons (Fsp3) is 0.133. The van der Waals surface area contributed by atoms with Crippen molar-refractivity contribution in [2.75, 3.05) is 14.2 Å². The van der Waals surface area contributed by atoms with Crippen LogP contribution in [0, 0.1) is 0 Å². The molecule has 1 N–H and O–H groups in total. The molecule has 4 nitrogen and oxygen atoms in total. The maximum Gasteiger partial charge on any atom is 0.336 e. The first kappa shape index (κ1) is 13.0. The Labute approximate surface area is 111 Å². The van der Waals surface area contributed by atoms with Crippen molar-refractivity contribution in [1.82, 2.24) is 0 Å². The number of carboxylic acid groups (broad SMARTS) is 1.